The zero-order valence-electron chi connectivity index (χ0n) is 24.3. The van der Waals surface area contributed by atoms with E-state index in [1.807, 2.05) is 18.2 Å². The SMILES string of the molecule is C=C(c1cccc(NC(=O)c2cc3c(N4CCN(C)CC4)cccc3s2)c1)N1CCN(c2cccc(C)c2C)CC1. The molecule has 2 fully saturated rings. The summed E-state index contributed by atoms with van der Waals surface area (Å²) in [7, 11) is 2.17. The Hall–Kier alpha value is -3.81. The van der Waals surface area contributed by atoms with E-state index >= 15 is 0 Å². The lowest BCUT2D eigenvalue weighted by molar-refractivity contribution is 0.103. The number of benzene rings is 3. The Bertz CT molecular complexity index is 1580. The summed E-state index contributed by atoms with van der Waals surface area (Å²) in [5.41, 5.74) is 8.08. The van der Waals surface area contributed by atoms with Gasteiger partial charge in [-0.2, -0.15) is 0 Å². The van der Waals surface area contributed by atoms with Crippen molar-refractivity contribution in [2.45, 2.75) is 13.8 Å². The third-order valence-electron chi connectivity index (χ3n) is 8.64. The van der Waals surface area contributed by atoms with Crippen LogP contribution in [0, 0.1) is 13.8 Å². The molecule has 2 aliphatic rings. The van der Waals surface area contributed by atoms with E-state index in [-0.39, 0.29) is 5.91 Å². The van der Waals surface area contributed by atoms with Crippen LogP contribution in [0.2, 0.25) is 0 Å². The van der Waals surface area contributed by atoms with Gasteiger partial charge in [0.05, 0.1) is 4.88 Å². The van der Waals surface area contributed by atoms with Crippen molar-refractivity contribution in [3.8, 4) is 0 Å². The molecule has 3 heterocycles. The Kier molecular flexibility index (Phi) is 7.73. The molecule has 2 saturated heterocycles. The Morgan fingerprint density at radius 3 is 2.24 bits per heavy atom. The van der Waals surface area contributed by atoms with Crippen LogP contribution in [0.25, 0.3) is 15.8 Å². The van der Waals surface area contributed by atoms with E-state index in [2.05, 4.69) is 101 Å². The van der Waals surface area contributed by atoms with Crippen LogP contribution >= 0.6 is 11.3 Å². The molecule has 1 amide bonds. The Balaban J connectivity index is 1.12. The maximum atomic E-state index is 13.4. The molecular formula is C34H39N5OS. The van der Waals surface area contributed by atoms with Gasteiger partial charge in [0.15, 0.2) is 0 Å². The Morgan fingerprint density at radius 2 is 1.46 bits per heavy atom. The highest BCUT2D eigenvalue weighted by Gasteiger charge is 2.22. The van der Waals surface area contributed by atoms with Crippen LogP contribution in [-0.2, 0) is 0 Å². The van der Waals surface area contributed by atoms with E-state index in [9.17, 15) is 4.79 Å². The van der Waals surface area contributed by atoms with Gasteiger partial charge in [0.1, 0.15) is 0 Å². The molecule has 6 rings (SSSR count). The van der Waals surface area contributed by atoms with Gasteiger partial charge >= 0.3 is 0 Å². The quantitative estimate of drug-likeness (QED) is 0.297. The summed E-state index contributed by atoms with van der Waals surface area (Å²) in [6.07, 6.45) is 0. The molecule has 3 aromatic carbocycles. The van der Waals surface area contributed by atoms with Gasteiger partial charge in [-0.3, -0.25) is 4.79 Å². The maximum Gasteiger partial charge on any atom is 0.265 e. The smallest absolute Gasteiger partial charge is 0.265 e. The minimum absolute atomic E-state index is 0.0690. The molecule has 0 atom stereocenters. The van der Waals surface area contributed by atoms with E-state index in [4.69, 9.17) is 0 Å². The zero-order valence-corrected chi connectivity index (χ0v) is 25.1. The van der Waals surface area contributed by atoms with Crippen molar-refractivity contribution in [3.63, 3.8) is 0 Å². The number of anilines is 3. The topological polar surface area (TPSA) is 42.1 Å². The second kappa shape index (κ2) is 11.6. The fourth-order valence-corrected chi connectivity index (χ4v) is 6.91. The lowest BCUT2D eigenvalue weighted by Gasteiger charge is -2.39. The van der Waals surface area contributed by atoms with Gasteiger partial charge in [0.2, 0.25) is 0 Å². The second-order valence-corrected chi connectivity index (χ2v) is 12.3. The molecular weight excluding hydrogens is 526 g/mol. The van der Waals surface area contributed by atoms with Crippen LogP contribution in [0.3, 0.4) is 0 Å². The number of carbonyl (C=O) groups excluding carboxylic acids is 1. The number of hydrogen-bond acceptors (Lipinski definition) is 6. The first-order chi connectivity index (χ1) is 19.9. The molecule has 41 heavy (non-hydrogen) atoms. The summed E-state index contributed by atoms with van der Waals surface area (Å²) in [6, 6.07) is 23.1. The average molecular weight is 566 g/mol. The molecule has 1 N–H and O–H groups in total. The largest absolute Gasteiger partial charge is 0.368 e. The van der Waals surface area contributed by atoms with Crippen LogP contribution in [-0.4, -0.2) is 75.1 Å². The van der Waals surface area contributed by atoms with Gasteiger partial charge in [-0.1, -0.05) is 36.9 Å². The van der Waals surface area contributed by atoms with Crippen LogP contribution in [0.15, 0.2) is 73.3 Å². The summed E-state index contributed by atoms with van der Waals surface area (Å²) in [5, 5.41) is 4.31. The number of fused-ring (bicyclic) bond motifs is 1. The number of thiophene rings is 1. The van der Waals surface area contributed by atoms with Crippen molar-refractivity contribution < 1.29 is 4.79 Å². The first-order valence-corrected chi connectivity index (χ1v) is 15.3. The minimum Gasteiger partial charge on any atom is -0.368 e. The molecule has 7 heteroatoms. The number of carbonyl (C=O) groups is 1. The highest BCUT2D eigenvalue weighted by Crippen LogP contribution is 2.34. The zero-order chi connectivity index (χ0) is 28.5. The lowest BCUT2D eigenvalue weighted by Crippen LogP contribution is -2.45. The van der Waals surface area contributed by atoms with Crippen LogP contribution in [0.4, 0.5) is 17.1 Å². The number of likely N-dealkylation sites (N-methyl/N-ethyl adjacent to an activating group) is 1. The van der Waals surface area contributed by atoms with E-state index in [1.54, 1.807) is 11.3 Å². The van der Waals surface area contributed by atoms with Gasteiger partial charge in [0.25, 0.3) is 5.91 Å². The summed E-state index contributed by atoms with van der Waals surface area (Å²) in [6.45, 7) is 16.7. The van der Waals surface area contributed by atoms with Crippen LogP contribution < -0.4 is 15.1 Å². The molecule has 0 unspecified atom stereocenters. The van der Waals surface area contributed by atoms with Crippen molar-refractivity contribution in [3.05, 3.63) is 94.9 Å². The van der Waals surface area contributed by atoms with Gasteiger partial charge in [-0.25, -0.2) is 0 Å². The van der Waals surface area contributed by atoms with Crippen molar-refractivity contribution >= 4 is 50.1 Å². The Morgan fingerprint density at radius 1 is 0.805 bits per heavy atom. The van der Waals surface area contributed by atoms with E-state index < -0.39 is 0 Å². The van der Waals surface area contributed by atoms with Crippen molar-refractivity contribution in [1.82, 2.24) is 9.80 Å². The molecule has 0 saturated carbocycles. The standard InChI is InChI=1S/C34H39N5OS/c1-24-8-5-11-30(25(24)2)38-20-18-37(19-21-38)26(3)27-9-6-10-28(22-27)35-34(40)33-23-29-31(12-7-13-32(29)41-33)39-16-14-36(4)15-17-39/h5-13,22-23H,3,14-21H2,1-2,4H3,(H,35,40). The van der Waals surface area contributed by atoms with Crippen LogP contribution in [0.1, 0.15) is 26.4 Å². The minimum atomic E-state index is -0.0690. The van der Waals surface area contributed by atoms with Gasteiger partial charge < -0.3 is 24.9 Å². The number of hydrogen-bond donors (Lipinski definition) is 1. The molecule has 4 aromatic rings. The van der Waals surface area contributed by atoms with Crippen LogP contribution in [0.5, 0.6) is 0 Å². The molecule has 2 aliphatic heterocycles. The van der Waals surface area contributed by atoms with E-state index in [1.165, 1.54) is 22.5 Å². The maximum absolute atomic E-state index is 13.4. The fourth-order valence-electron chi connectivity index (χ4n) is 5.93. The predicted octanol–water partition coefficient (Wildman–Crippen LogP) is 6.32. The number of piperazine rings is 2. The van der Waals surface area contributed by atoms with Crippen molar-refractivity contribution in [2.75, 3.05) is 74.5 Å². The monoisotopic (exact) mass is 565 g/mol. The molecule has 0 aliphatic carbocycles. The summed E-state index contributed by atoms with van der Waals surface area (Å²) < 4.78 is 1.15. The number of nitrogens with zero attached hydrogens (tertiary/aromatic N) is 4. The average Bonchev–Trinajstić information content (AvgIpc) is 3.44. The summed E-state index contributed by atoms with van der Waals surface area (Å²) in [5.74, 6) is -0.0690. The molecule has 0 spiro atoms. The first-order valence-electron chi connectivity index (χ1n) is 14.5. The normalized spacial score (nSPS) is 16.3. The van der Waals surface area contributed by atoms with Gasteiger partial charge in [0, 0.05) is 85.2 Å². The highest BCUT2D eigenvalue weighted by molar-refractivity contribution is 7.21. The lowest BCUT2D eigenvalue weighted by atomic mass is 10.1. The molecule has 0 bridgehead atoms. The number of amides is 1. The van der Waals surface area contributed by atoms with Gasteiger partial charge in [-0.05, 0) is 74.0 Å². The summed E-state index contributed by atoms with van der Waals surface area (Å²) >= 11 is 1.56. The molecule has 1 aromatic heterocycles. The second-order valence-electron chi connectivity index (χ2n) is 11.3. The fraction of sp³-hybridized carbons (Fsp3) is 0.324. The summed E-state index contributed by atoms with van der Waals surface area (Å²) in [4.78, 5) is 23.7. The first kappa shape index (κ1) is 27.4. The third kappa shape index (κ3) is 5.69. The van der Waals surface area contributed by atoms with Crippen molar-refractivity contribution in [2.24, 2.45) is 0 Å². The predicted molar refractivity (Wildman–Crippen MR) is 175 cm³/mol. The van der Waals surface area contributed by atoms with E-state index in [0.717, 1.165) is 84.3 Å². The molecule has 6 nitrogen and oxygen atoms in total. The number of nitrogens with one attached hydrogen (secondary N) is 1. The number of aryl methyl sites for hydroxylation is 1. The Labute approximate surface area is 247 Å². The molecule has 212 valence electrons. The molecule has 0 radical (unpaired) electrons. The van der Waals surface area contributed by atoms with E-state index in [0.29, 0.717) is 0 Å². The van der Waals surface area contributed by atoms with Crippen molar-refractivity contribution in [1.29, 1.82) is 0 Å². The highest BCUT2D eigenvalue weighted by atomic mass is 32.1. The number of rotatable bonds is 6. The van der Waals surface area contributed by atoms with Gasteiger partial charge in [-0.15, -0.1) is 11.3 Å². The third-order valence-corrected chi connectivity index (χ3v) is 9.74.